The maximum absolute atomic E-state index is 6.62. The third-order valence-corrected chi connectivity index (χ3v) is 8.43. The second-order valence-electron chi connectivity index (χ2n) is 9.89. The van der Waals surface area contributed by atoms with Crippen LogP contribution in [-0.4, -0.2) is 71.4 Å². The molecule has 1 aliphatic carbocycles. The maximum Gasteiger partial charge on any atom is 0.145 e. The predicted octanol–water partition coefficient (Wildman–Crippen LogP) is 4.29. The van der Waals surface area contributed by atoms with Crippen LogP contribution in [0.2, 0.25) is 0 Å². The Labute approximate surface area is 207 Å². The Morgan fingerprint density at radius 1 is 1.09 bits per heavy atom. The molecule has 2 aromatic heterocycles. The third-order valence-electron chi connectivity index (χ3n) is 7.64. The lowest BCUT2D eigenvalue weighted by Gasteiger charge is -2.35. The first-order valence-electron chi connectivity index (χ1n) is 12.2. The molecule has 3 fully saturated rings. The van der Waals surface area contributed by atoms with Gasteiger partial charge in [0.2, 0.25) is 0 Å². The van der Waals surface area contributed by atoms with Crippen LogP contribution in [0, 0.1) is 5.92 Å². The highest BCUT2D eigenvalue weighted by molar-refractivity contribution is 7.16. The summed E-state index contributed by atoms with van der Waals surface area (Å²) in [6, 6.07) is 11.8. The summed E-state index contributed by atoms with van der Waals surface area (Å²) in [6.07, 6.45) is 2.90. The van der Waals surface area contributed by atoms with Gasteiger partial charge < -0.3 is 19.7 Å². The molecule has 1 unspecified atom stereocenters. The fraction of sp³-hybridized carbons (Fsp3) is 0.423. The first kappa shape index (κ1) is 21.3. The van der Waals surface area contributed by atoms with Gasteiger partial charge >= 0.3 is 0 Å². The van der Waals surface area contributed by atoms with E-state index in [0.717, 1.165) is 64.7 Å². The minimum absolute atomic E-state index is 0.0463. The molecule has 0 bridgehead atoms. The largest absolute Gasteiger partial charge is 0.489 e. The summed E-state index contributed by atoms with van der Waals surface area (Å²) in [5.41, 5.74) is 5.92. The summed E-state index contributed by atoms with van der Waals surface area (Å²) in [4.78, 5) is 18.7. The van der Waals surface area contributed by atoms with Gasteiger partial charge in [-0.1, -0.05) is 0 Å². The van der Waals surface area contributed by atoms with Gasteiger partial charge in [-0.15, -0.1) is 11.3 Å². The fourth-order valence-electron chi connectivity index (χ4n) is 5.28. The van der Waals surface area contributed by atoms with Crippen molar-refractivity contribution in [3.05, 3.63) is 42.2 Å². The van der Waals surface area contributed by atoms with Crippen LogP contribution in [0.5, 0.6) is 5.75 Å². The normalized spacial score (nSPS) is 23.2. The highest BCUT2D eigenvalue weighted by atomic mass is 32.1. The molecule has 8 nitrogen and oxygen atoms in total. The van der Waals surface area contributed by atoms with E-state index in [1.807, 2.05) is 17.6 Å². The molecule has 2 saturated heterocycles. The molecule has 35 heavy (non-hydrogen) atoms. The molecule has 1 N–H and O–H groups in total. The van der Waals surface area contributed by atoms with Gasteiger partial charge in [-0.2, -0.15) is 0 Å². The molecule has 2 aliphatic heterocycles. The Kier molecular flexibility index (Phi) is 5.04. The number of benzene rings is 2. The third kappa shape index (κ3) is 3.78. The maximum atomic E-state index is 6.62. The molecule has 180 valence electrons. The summed E-state index contributed by atoms with van der Waals surface area (Å²) in [7, 11) is 2.23. The number of thiazole rings is 1. The van der Waals surface area contributed by atoms with Crippen molar-refractivity contribution in [1.82, 2.24) is 19.9 Å². The van der Waals surface area contributed by atoms with Crippen LogP contribution in [0.15, 0.2) is 42.2 Å². The van der Waals surface area contributed by atoms with Crippen LogP contribution in [-0.2, 0) is 4.74 Å². The zero-order valence-corrected chi connectivity index (χ0v) is 20.7. The van der Waals surface area contributed by atoms with Crippen molar-refractivity contribution in [1.29, 1.82) is 0 Å². The number of fused-ring (bicyclic) bond motifs is 3. The van der Waals surface area contributed by atoms with Gasteiger partial charge in [0.15, 0.2) is 0 Å². The molecule has 3 atom stereocenters. The number of ether oxygens (including phenoxy) is 2. The predicted molar refractivity (Wildman–Crippen MR) is 139 cm³/mol. The number of nitrogens with one attached hydrogen (secondary N) is 1. The average Bonchev–Trinajstić information content (AvgIpc) is 3.49. The van der Waals surface area contributed by atoms with Crippen molar-refractivity contribution in [2.75, 3.05) is 43.6 Å². The molecule has 7 rings (SSSR count). The van der Waals surface area contributed by atoms with E-state index < -0.39 is 0 Å². The minimum Gasteiger partial charge on any atom is -0.489 e. The van der Waals surface area contributed by atoms with Crippen LogP contribution < -0.4 is 15.0 Å². The van der Waals surface area contributed by atoms with Crippen LogP contribution in [0.3, 0.4) is 0 Å². The standard InChI is InChI=1S/C26H28N6O2S/c1-15(16-11-33-12-16)34-23-9-18(32-6-5-31(2)21-10-22(21)32)8-20-25(23)26(28-13-27-20)30-17-3-4-19-24(7-17)35-14-29-19/h3-4,7-9,13-16,21-22H,5-6,10-12H2,1-2H3,(H,27,28,30)/t15-,21?,22+/m1/s1. The number of piperazine rings is 1. The van der Waals surface area contributed by atoms with E-state index in [1.54, 1.807) is 17.7 Å². The quantitative estimate of drug-likeness (QED) is 0.431. The van der Waals surface area contributed by atoms with Crippen LogP contribution in [0.4, 0.5) is 17.2 Å². The number of hydrogen-bond donors (Lipinski definition) is 1. The lowest BCUT2D eigenvalue weighted by atomic mass is 10.0. The second-order valence-corrected chi connectivity index (χ2v) is 10.8. The molecule has 3 aliphatic rings. The van der Waals surface area contributed by atoms with E-state index in [9.17, 15) is 0 Å². The Hall–Kier alpha value is -3.01. The van der Waals surface area contributed by atoms with Crippen LogP contribution in [0.1, 0.15) is 13.3 Å². The average molecular weight is 489 g/mol. The molecular weight excluding hydrogens is 460 g/mol. The molecule has 4 aromatic rings. The van der Waals surface area contributed by atoms with Gasteiger partial charge in [0, 0.05) is 48.5 Å². The first-order valence-corrected chi connectivity index (χ1v) is 13.1. The summed E-state index contributed by atoms with van der Waals surface area (Å²) >= 11 is 1.63. The first-order chi connectivity index (χ1) is 17.1. The Morgan fingerprint density at radius 3 is 2.86 bits per heavy atom. The van der Waals surface area contributed by atoms with Crippen molar-refractivity contribution in [3.8, 4) is 5.75 Å². The number of hydrogen-bond acceptors (Lipinski definition) is 9. The number of likely N-dealkylation sites (N-methyl/N-ethyl adjacent to an activating group) is 1. The lowest BCUT2D eigenvalue weighted by molar-refractivity contribution is -0.0773. The highest BCUT2D eigenvalue weighted by Crippen LogP contribution is 2.43. The SMILES string of the molecule is C[C@@H](Oc1cc(N2CCN(C)C3C[C@@H]32)cc2ncnc(Nc3ccc4ncsc4c3)c12)C1COC1. The Morgan fingerprint density at radius 2 is 2.00 bits per heavy atom. The van der Waals surface area contributed by atoms with Gasteiger partial charge in [0.1, 0.15) is 24.0 Å². The zero-order chi connectivity index (χ0) is 23.5. The smallest absolute Gasteiger partial charge is 0.145 e. The van der Waals surface area contributed by atoms with E-state index in [1.165, 1.54) is 12.1 Å². The molecule has 9 heteroatoms. The second kappa shape index (κ2) is 8.29. The number of aromatic nitrogens is 3. The minimum atomic E-state index is 0.0463. The van der Waals surface area contributed by atoms with Gasteiger partial charge in [0.25, 0.3) is 0 Å². The number of anilines is 3. The highest BCUT2D eigenvalue weighted by Gasteiger charge is 2.47. The van der Waals surface area contributed by atoms with Crippen molar-refractivity contribution in [2.24, 2.45) is 5.92 Å². The molecule has 0 radical (unpaired) electrons. The summed E-state index contributed by atoms with van der Waals surface area (Å²) < 4.78 is 13.2. The van der Waals surface area contributed by atoms with Gasteiger partial charge in [-0.05, 0) is 44.7 Å². The monoisotopic (exact) mass is 488 g/mol. The fourth-order valence-corrected chi connectivity index (χ4v) is 6.00. The summed E-state index contributed by atoms with van der Waals surface area (Å²) in [6.45, 7) is 5.71. The topological polar surface area (TPSA) is 75.6 Å². The van der Waals surface area contributed by atoms with E-state index in [2.05, 4.69) is 62.2 Å². The number of rotatable bonds is 6. The molecule has 4 heterocycles. The van der Waals surface area contributed by atoms with Gasteiger partial charge in [-0.25, -0.2) is 15.0 Å². The van der Waals surface area contributed by atoms with Crippen molar-refractivity contribution in [3.63, 3.8) is 0 Å². The van der Waals surface area contributed by atoms with Gasteiger partial charge in [-0.3, -0.25) is 4.90 Å². The van der Waals surface area contributed by atoms with E-state index in [0.29, 0.717) is 18.0 Å². The zero-order valence-electron chi connectivity index (χ0n) is 19.8. The summed E-state index contributed by atoms with van der Waals surface area (Å²) in [5, 5.41) is 4.44. The summed E-state index contributed by atoms with van der Waals surface area (Å²) in [5.74, 6) is 1.98. The Balaban J connectivity index is 1.30. The van der Waals surface area contributed by atoms with Crippen LogP contribution >= 0.6 is 11.3 Å². The van der Waals surface area contributed by atoms with E-state index >= 15 is 0 Å². The van der Waals surface area contributed by atoms with Crippen molar-refractivity contribution in [2.45, 2.75) is 31.5 Å². The van der Waals surface area contributed by atoms with E-state index in [4.69, 9.17) is 9.47 Å². The van der Waals surface area contributed by atoms with Crippen LogP contribution in [0.25, 0.3) is 21.1 Å². The Bertz CT molecular complexity index is 1410. The molecule has 2 aromatic carbocycles. The molecule has 0 amide bonds. The lowest BCUT2D eigenvalue weighted by Crippen LogP contribution is -2.44. The molecular formula is C26H28N6O2S. The van der Waals surface area contributed by atoms with E-state index in [-0.39, 0.29) is 6.10 Å². The number of nitrogens with zero attached hydrogens (tertiary/aromatic N) is 5. The van der Waals surface area contributed by atoms with Crippen molar-refractivity contribution >= 4 is 49.6 Å². The molecule has 1 saturated carbocycles. The van der Waals surface area contributed by atoms with Crippen molar-refractivity contribution < 1.29 is 9.47 Å². The van der Waals surface area contributed by atoms with Gasteiger partial charge in [0.05, 0.1) is 39.8 Å². The molecule has 0 spiro atoms.